The van der Waals surface area contributed by atoms with E-state index >= 15 is 0 Å². The molecule has 1 fully saturated rings. The smallest absolute Gasteiger partial charge is 0.293 e. The van der Waals surface area contributed by atoms with Crippen LogP contribution >= 0.6 is 0 Å². The number of nitrogens with one attached hydrogen (secondary N) is 1. The van der Waals surface area contributed by atoms with Crippen molar-refractivity contribution in [1.29, 1.82) is 0 Å². The van der Waals surface area contributed by atoms with Gasteiger partial charge in [-0.15, -0.1) is 0 Å². The maximum atomic E-state index is 12.7. The Balaban J connectivity index is 1.65. The van der Waals surface area contributed by atoms with E-state index in [0.717, 1.165) is 31.3 Å². The Morgan fingerprint density at radius 2 is 1.89 bits per heavy atom. The quantitative estimate of drug-likeness (QED) is 0.560. The Bertz CT molecular complexity index is 1020. The van der Waals surface area contributed by atoms with Gasteiger partial charge < -0.3 is 10.2 Å². The zero-order valence-electron chi connectivity index (χ0n) is 14.6. The molecule has 7 nitrogen and oxygen atoms in total. The number of fused-ring (bicyclic) bond motifs is 1. The van der Waals surface area contributed by atoms with Crippen molar-refractivity contribution in [2.24, 2.45) is 0 Å². The minimum atomic E-state index is -0.427. The Labute approximate surface area is 155 Å². The van der Waals surface area contributed by atoms with Crippen LogP contribution in [-0.4, -0.2) is 28.9 Å². The predicted molar refractivity (Wildman–Crippen MR) is 104 cm³/mol. The summed E-state index contributed by atoms with van der Waals surface area (Å²) < 4.78 is 0. The maximum absolute atomic E-state index is 12.7. The molecular formula is C20H18N4O3. The third-order valence-electron chi connectivity index (χ3n) is 4.76. The summed E-state index contributed by atoms with van der Waals surface area (Å²) in [6.45, 7) is 1.60. The second kappa shape index (κ2) is 7.03. The Morgan fingerprint density at radius 3 is 2.67 bits per heavy atom. The number of carbonyl (C=O) groups is 1. The molecule has 4 rings (SSSR count). The van der Waals surface area contributed by atoms with Crippen LogP contribution in [0.25, 0.3) is 10.9 Å². The summed E-state index contributed by atoms with van der Waals surface area (Å²) in [4.78, 5) is 30.1. The number of amides is 1. The molecule has 1 aliphatic rings. The van der Waals surface area contributed by atoms with Crippen molar-refractivity contribution < 1.29 is 9.72 Å². The molecule has 7 heteroatoms. The standard InChI is InChI=1S/C20H18N4O3/c25-20(22-16-7-3-5-14-6-4-10-21-19(14)16)15-8-9-17(18(13-15)24(26)27)23-11-1-2-12-23/h3-10,13H,1-2,11-12H2,(H,22,25). The molecule has 1 aliphatic heterocycles. The average Bonchev–Trinajstić information content (AvgIpc) is 3.22. The van der Waals surface area contributed by atoms with E-state index in [-0.39, 0.29) is 11.3 Å². The van der Waals surface area contributed by atoms with E-state index in [2.05, 4.69) is 10.3 Å². The van der Waals surface area contributed by atoms with Crippen molar-refractivity contribution in [2.45, 2.75) is 12.8 Å². The number of anilines is 2. The summed E-state index contributed by atoms with van der Waals surface area (Å²) in [5.74, 6) is -0.399. The summed E-state index contributed by atoms with van der Waals surface area (Å²) in [6, 6.07) is 13.9. The van der Waals surface area contributed by atoms with Crippen LogP contribution in [-0.2, 0) is 0 Å². The number of nitrogens with zero attached hydrogens (tertiary/aromatic N) is 3. The third kappa shape index (κ3) is 3.31. The van der Waals surface area contributed by atoms with Crippen LogP contribution in [0.4, 0.5) is 17.1 Å². The van der Waals surface area contributed by atoms with E-state index in [4.69, 9.17) is 0 Å². The lowest BCUT2D eigenvalue weighted by Gasteiger charge is -2.17. The van der Waals surface area contributed by atoms with Crippen molar-refractivity contribution in [3.8, 4) is 0 Å². The third-order valence-corrected chi connectivity index (χ3v) is 4.76. The first-order chi connectivity index (χ1) is 13.1. The second-order valence-electron chi connectivity index (χ2n) is 6.49. The largest absolute Gasteiger partial charge is 0.366 e. The highest BCUT2D eigenvalue weighted by Gasteiger charge is 2.24. The Hall–Kier alpha value is -3.48. The number of benzene rings is 2. The molecule has 3 aromatic rings. The van der Waals surface area contributed by atoms with Crippen molar-refractivity contribution in [3.63, 3.8) is 0 Å². The number of aromatic nitrogens is 1. The van der Waals surface area contributed by atoms with Gasteiger partial charge in [-0.2, -0.15) is 0 Å². The predicted octanol–water partition coefficient (Wildman–Crippen LogP) is 4.00. The number of para-hydroxylation sites is 1. The molecule has 1 saturated heterocycles. The van der Waals surface area contributed by atoms with Crippen LogP contribution in [0, 0.1) is 10.1 Å². The maximum Gasteiger partial charge on any atom is 0.293 e. The molecule has 0 bridgehead atoms. The molecule has 0 atom stereocenters. The molecule has 1 amide bonds. The first-order valence-electron chi connectivity index (χ1n) is 8.82. The van der Waals surface area contributed by atoms with Crippen LogP contribution in [0.3, 0.4) is 0 Å². The summed E-state index contributed by atoms with van der Waals surface area (Å²) in [5, 5.41) is 15.3. The van der Waals surface area contributed by atoms with Gasteiger partial charge in [-0.3, -0.25) is 19.9 Å². The molecule has 0 unspecified atom stereocenters. The van der Waals surface area contributed by atoms with Gasteiger partial charge in [-0.1, -0.05) is 18.2 Å². The van der Waals surface area contributed by atoms with Crippen LogP contribution in [0.1, 0.15) is 23.2 Å². The molecule has 1 N–H and O–H groups in total. The van der Waals surface area contributed by atoms with E-state index in [1.54, 1.807) is 24.4 Å². The minimum Gasteiger partial charge on any atom is -0.366 e. The van der Waals surface area contributed by atoms with Gasteiger partial charge in [-0.25, -0.2) is 0 Å². The van der Waals surface area contributed by atoms with E-state index in [0.29, 0.717) is 16.9 Å². The molecule has 0 saturated carbocycles. The van der Waals surface area contributed by atoms with Crippen LogP contribution in [0.2, 0.25) is 0 Å². The van der Waals surface area contributed by atoms with E-state index in [1.807, 2.05) is 29.2 Å². The normalized spacial score (nSPS) is 13.7. The number of hydrogen-bond acceptors (Lipinski definition) is 5. The number of hydrogen-bond donors (Lipinski definition) is 1. The van der Waals surface area contributed by atoms with Crippen LogP contribution in [0.5, 0.6) is 0 Å². The number of pyridine rings is 1. The van der Waals surface area contributed by atoms with Crippen LogP contribution in [0.15, 0.2) is 54.7 Å². The lowest BCUT2D eigenvalue weighted by molar-refractivity contribution is -0.384. The first-order valence-corrected chi connectivity index (χ1v) is 8.82. The molecule has 2 aromatic carbocycles. The summed E-state index contributed by atoms with van der Waals surface area (Å²) >= 11 is 0. The summed E-state index contributed by atoms with van der Waals surface area (Å²) in [6.07, 6.45) is 3.70. The number of carbonyl (C=O) groups excluding carboxylic acids is 1. The molecule has 0 aliphatic carbocycles. The molecule has 1 aromatic heterocycles. The number of rotatable bonds is 4. The highest BCUT2D eigenvalue weighted by molar-refractivity contribution is 6.08. The van der Waals surface area contributed by atoms with Crippen molar-refractivity contribution in [3.05, 3.63) is 70.4 Å². The fourth-order valence-corrected chi connectivity index (χ4v) is 3.44. The van der Waals surface area contributed by atoms with Gasteiger partial charge in [-0.05, 0) is 37.1 Å². The first kappa shape index (κ1) is 17.0. The summed E-state index contributed by atoms with van der Waals surface area (Å²) in [7, 11) is 0. The fourth-order valence-electron chi connectivity index (χ4n) is 3.44. The van der Waals surface area contributed by atoms with E-state index < -0.39 is 10.8 Å². The van der Waals surface area contributed by atoms with Crippen molar-refractivity contribution >= 4 is 33.9 Å². The minimum absolute atomic E-state index is 0.0411. The van der Waals surface area contributed by atoms with Gasteiger partial charge >= 0.3 is 0 Å². The molecular weight excluding hydrogens is 344 g/mol. The molecule has 2 heterocycles. The molecule has 0 radical (unpaired) electrons. The van der Waals surface area contributed by atoms with E-state index in [1.165, 1.54) is 6.07 Å². The van der Waals surface area contributed by atoms with Gasteiger partial charge in [0, 0.05) is 36.3 Å². The summed E-state index contributed by atoms with van der Waals surface area (Å²) in [5.41, 5.74) is 2.03. The topological polar surface area (TPSA) is 88.4 Å². The van der Waals surface area contributed by atoms with E-state index in [9.17, 15) is 14.9 Å². The van der Waals surface area contributed by atoms with Gasteiger partial charge in [0.25, 0.3) is 11.6 Å². The second-order valence-corrected chi connectivity index (χ2v) is 6.49. The SMILES string of the molecule is O=C(Nc1cccc2cccnc12)c1ccc(N2CCCC2)c([N+](=O)[O-])c1. The van der Waals surface area contributed by atoms with Crippen LogP contribution < -0.4 is 10.2 Å². The van der Waals surface area contributed by atoms with Gasteiger partial charge in [0.05, 0.1) is 16.1 Å². The van der Waals surface area contributed by atoms with Gasteiger partial charge in [0.2, 0.25) is 0 Å². The monoisotopic (exact) mass is 362 g/mol. The number of nitro groups is 1. The zero-order valence-corrected chi connectivity index (χ0v) is 14.6. The van der Waals surface area contributed by atoms with Crippen molar-refractivity contribution in [1.82, 2.24) is 4.98 Å². The lowest BCUT2D eigenvalue weighted by Crippen LogP contribution is -2.20. The Morgan fingerprint density at radius 1 is 1.11 bits per heavy atom. The lowest BCUT2D eigenvalue weighted by atomic mass is 10.1. The average molecular weight is 362 g/mol. The molecule has 0 spiro atoms. The zero-order chi connectivity index (χ0) is 18.8. The fraction of sp³-hybridized carbons (Fsp3) is 0.200. The Kier molecular flexibility index (Phi) is 4.42. The van der Waals surface area contributed by atoms with Crippen molar-refractivity contribution in [2.75, 3.05) is 23.3 Å². The molecule has 27 heavy (non-hydrogen) atoms. The molecule has 136 valence electrons. The highest BCUT2D eigenvalue weighted by atomic mass is 16.6. The van der Waals surface area contributed by atoms with Gasteiger partial charge in [0.15, 0.2) is 0 Å². The highest BCUT2D eigenvalue weighted by Crippen LogP contribution is 2.32. The number of nitro benzene ring substituents is 1. The van der Waals surface area contributed by atoms with Gasteiger partial charge in [0.1, 0.15) is 5.69 Å².